The molecule has 1 unspecified atom stereocenters. The third-order valence-corrected chi connectivity index (χ3v) is 3.96. The molecule has 1 atom stereocenters. The molecule has 0 heterocycles. The van der Waals surface area contributed by atoms with Gasteiger partial charge in [-0.05, 0) is 18.1 Å². The molecule has 0 saturated heterocycles. The fourth-order valence-electron chi connectivity index (χ4n) is 2.74. The number of hydrogen-bond donors (Lipinski definition) is 1. The van der Waals surface area contributed by atoms with Crippen molar-refractivity contribution in [3.8, 4) is 17.2 Å². The Bertz CT molecular complexity index is 661. The van der Waals surface area contributed by atoms with Gasteiger partial charge in [-0.2, -0.15) is 0 Å². The molecule has 0 aliphatic rings. The van der Waals surface area contributed by atoms with Gasteiger partial charge in [-0.25, -0.2) is 0 Å². The van der Waals surface area contributed by atoms with Crippen LogP contribution in [0.2, 0.25) is 0 Å². The van der Waals surface area contributed by atoms with E-state index >= 15 is 0 Å². The smallest absolute Gasteiger partial charge is 0.240 e. The number of carbonyl (C=O) groups excluding carboxylic acids is 3. The molecule has 1 aromatic rings. The molecule has 2 N–H and O–H groups in total. The van der Waals surface area contributed by atoms with Crippen molar-refractivity contribution in [3.05, 3.63) is 17.7 Å². The highest BCUT2D eigenvalue weighted by molar-refractivity contribution is 6.01. The minimum absolute atomic E-state index is 0.232. The zero-order valence-electron chi connectivity index (χ0n) is 16.0. The van der Waals surface area contributed by atoms with Gasteiger partial charge < -0.3 is 24.8 Å². The Morgan fingerprint density at radius 3 is 1.85 bits per heavy atom. The van der Waals surface area contributed by atoms with E-state index in [9.17, 15) is 14.4 Å². The van der Waals surface area contributed by atoms with Crippen molar-refractivity contribution in [2.75, 3.05) is 27.9 Å². The van der Waals surface area contributed by atoms with Crippen molar-refractivity contribution >= 4 is 17.6 Å². The summed E-state index contributed by atoms with van der Waals surface area (Å²) in [6.45, 7) is 4.52. The van der Waals surface area contributed by atoms with Crippen LogP contribution in [-0.4, -0.2) is 56.4 Å². The lowest BCUT2D eigenvalue weighted by Gasteiger charge is -2.30. The van der Waals surface area contributed by atoms with E-state index in [2.05, 4.69) is 0 Å². The molecule has 26 heavy (non-hydrogen) atoms. The molecule has 0 bridgehead atoms. The summed E-state index contributed by atoms with van der Waals surface area (Å²) in [5.41, 5.74) is 5.68. The topological polar surface area (TPSA) is 108 Å². The Morgan fingerprint density at radius 1 is 1.04 bits per heavy atom. The fraction of sp³-hybridized carbons (Fsp3) is 0.500. The van der Waals surface area contributed by atoms with Gasteiger partial charge in [-0.15, -0.1) is 0 Å². The van der Waals surface area contributed by atoms with Crippen LogP contribution >= 0.6 is 0 Å². The van der Waals surface area contributed by atoms with Gasteiger partial charge in [0, 0.05) is 12.5 Å². The molecule has 2 amide bonds. The highest BCUT2D eigenvalue weighted by Gasteiger charge is 2.31. The molecule has 0 fully saturated rings. The molecule has 0 aliphatic heterocycles. The number of Topliss-reactive ketones (excluding diaryl/α,β-unsaturated/α-hetero) is 1. The second-order valence-corrected chi connectivity index (χ2v) is 6.08. The number of rotatable bonds is 9. The zero-order chi connectivity index (χ0) is 20.0. The molecule has 8 nitrogen and oxygen atoms in total. The Kier molecular flexibility index (Phi) is 7.42. The number of nitrogens with two attached hydrogens (primary N) is 1. The van der Waals surface area contributed by atoms with Crippen LogP contribution in [0.5, 0.6) is 17.2 Å². The normalized spacial score (nSPS) is 11.7. The van der Waals surface area contributed by atoms with E-state index < -0.39 is 17.9 Å². The van der Waals surface area contributed by atoms with E-state index in [1.165, 1.54) is 45.3 Å². The highest BCUT2D eigenvalue weighted by atomic mass is 16.5. The van der Waals surface area contributed by atoms with E-state index in [0.29, 0.717) is 17.2 Å². The van der Waals surface area contributed by atoms with Crippen molar-refractivity contribution in [1.82, 2.24) is 4.90 Å². The number of hydrogen-bond acceptors (Lipinski definition) is 6. The number of primary amides is 1. The highest BCUT2D eigenvalue weighted by Crippen LogP contribution is 2.38. The molecule has 8 heteroatoms. The molecule has 1 rings (SSSR count). The first kappa shape index (κ1) is 21.3. The summed E-state index contributed by atoms with van der Waals surface area (Å²) in [5, 5.41) is 0. The van der Waals surface area contributed by atoms with Gasteiger partial charge in [-0.3, -0.25) is 14.4 Å². The molecule has 0 aliphatic carbocycles. The monoisotopic (exact) mass is 366 g/mol. The summed E-state index contributed by atoms with van der Waals surface area (Å²) < 4.78 is 15.7. The van der Waals surface area contributed by atoms with E-state index in [0.717, 1.165) is 0 Å². The van der Waals surface area contributed by atoms with Crippen LogP contribution in [0.3, 0.4) is 0 Å². The van der Waals surface area contributed by atoms with Crippen LogP contribution in [0.4, 0.5) is 0 Å². The number of amides is 2. The van der Waals surface area contributed by atoms with Crippen LogP contribution in [0.1, 0.15) is 31.1 Å². The lowest BCUT2D eigenvalue weighted by atomic mass is 10.0. The molecule has 0 spiro atoms. The SMILES string of the molecule is COc1cc(C(=O)CN(C(C)=O)C(C(N)=O)C(C)C)cc(OC)c1OC. The maximum Gasteiger partial charge on any atom is 0.240 e. The summed E-state index contributed by atoms with van der Waals surface area (Å²) in [4.78, 5) is 37.7. The average molecular weight is 366 g/mol. The maximum atomic E-state index is 12.7. The quantitative estimate of drug-likeness (QED) is 0.659. The number of benzene rings is 1. The van der Waals surface area contributed by atoms with E-state index in [1.54, 1.807) is 13.8 Å². The van der Waals surface area contributed by atoms with Crippen LogP contribution in [0.25, 0.3) is 0 Å². The van der Waals surface area contributed by atoms with Crippen LogP contribution in [0, 0.1) is 5.92 Å². The van der Waals surface area contributed by atoms with E-state index in [-0.39, 0.29) is 23.8 Å². The summed E-state index contributed by atoms with van der Waals surface area (Å²) in [5.74, 6) is -0.696. The van der Waals surface area contributed by atoms with Crippen LogP contribution < -0.4 is 19.9 Å². The van der Waals surface area contributed by atoms with Crippen molar-refractivity contribution in [1.29, 1.82) is 0 Å². The first-order chi connectivity index (χ1) is 12.2. The van der Waals surface area contributed by atoms with Crippen molar-refractivity contribution < 1.29 is 28.6 Å². The number of carbonyl (C=O) groups is 3. The Hall–Kier alpha value is -2.77. The predicted molar refractivity (Wildman–Crippen MR) is 95.6 cm³/mol. The Morgan fingerprint density at radius 2 is 1.54 bits per heavy atom. The summed E-state index contributed by atoms with van der Waals surface area (Å²) in [7, 11) is 4.34. The van der Waals surface area contributed by atoms with Gasteiger partial charge in [0.1, 0.15) is 6.04 Å². The predicted octanol–water partition coefficient (Wildman–Crippen LogP) is 1.25. The lowest BCUT2D eigenvalue weighted by Crippen LogP contribution is -2.51. The van der Waals surface area contributed by atoms with Gasteiger partial charge in [0.25, 0.3) is 0 Å². The second kappa shape index (κ2) is 9.07. The first-order valence-electron chi connectivity index (χ1n) is 8.07. The van der Waals surface area contributed by atoms with E-state index in [1.807, 2.05) is 0 Å². The number of methoxy groups -OCH3 is 3. The van der Waals surface area contributed by atoms with Gasteiger partial charge >= 0.3 is 0 Å². The number of ether oxygens (including phenoxy) is 3. The molecular weight excluding hydrogens is 340 g/mol. The molecule has 0 aromatic heterocycles. The number of nitrogens with zero attached hydrogens (tertiary/aromatic N) is 1. The first-order valence-corrected chi connectivity index (χ1v) is 8.07. The van der Waals surface area contributed by atoms with Gasteiger partial charge in [0.05, 0.1) is 27.9 Å². The minimum Gasteiger partial charge on any atom is -0.493 e. The lowest BCUT2D eigenvalue weighted by molar-refractivity contribution is -0.138. The number of ketones is 1. The zero-order valence-corrected chi connectivity index (χ0v) is 16.0. The fourth-order valence-corrected chi connectivity index (χ4v) is 2.74. The van der Waals surface area contributed by atoms with Crippen molar-refractivity contribution in [2.24, 2.45) is 11.7 Å². The third-order valence-electron chi connectivity index (χ3n) is 3.96. The molecule has 144 valence electrons. The van der Waals surface area contributed by atoms with Crippen LogP contribution in [-0.2, 0) is 9.59 Å². The Balaban J connectivity index is 3.26. The summed E-state index contributed by atoms with van der Waals surface area (Å²) in [6.07, 6.45) is 0. The van der Waals surface area contributed by atoms with Gasteiger partial charge in [0.15, 0.2) is 17.3 Å². The Labute approximate surface area is 153 Å². The molecule has 0 saturated carbocycles. The van der Waals surface area contributed by atoms with Gasteiger partial charge in [-0.1, -0.05) is 13.8 Å². The van der Waals surface area contributed by atoms with Crippen LogP contribution in [0.15, 0.2) is 12.1 Å². The average Bonchev–Trinajstić information content (AvgIpc) is 2.58. The van der Waals surface area contributed by atoms with E-state index in [4.69, 9.17) is 19.9 Å². The summed E-state index contributed by atoms with van der Waals surface area (Å²) >= 11 is 0. The summed E-state index contributed by atoms with van der Waals surface area (Å²) in [6, 6.07) is 2.12. The molecule has 1 aromatic carbocycles. The largest absolute Gasteiger partial charge is 0.493 e. The molecular formula is C18H26N2O6. The standard InChI is InChI=1S/C18H26N2O6/c1-10(2)16(18(19)23)20(11(3)21)9-13(22)12-7-14(24-4)17(26-6)15(8-12)25-5/h7-8,10,16H,9H2,1-6H3,(H2,19,23). The third kappa shape index (κ3) is 4.65. The van der Waals surface area contributed by atoms with Gasteiger partial charge in [0.2, 0.25) is 17.6 Å². The molecule has 0 radical (unpaired) electrons. The van der Waals surface area contributed by atoms with Crippen molar-refractivity contribution in [2.45, 2.75) is 26.8 Å². The van der Waals surface area contributed by atoms with Crippen molar-refractivity contribution in [3.63, 3.8) is 0 Å². The maximum absolute atomic E-state index is 12.7. The minimum atomic E-state index is -0.876. The second-order valence-electron chi connectivity index (χ2n) is 6.08.